The summed E-state index contributed by atoms with van der Waals surface area (Å²) in [6.07, 6.45) is 3.68. The lowest BCUT2D eigenvalue weighted by atomic mass is 9.99. The van der Waals surface area contributed by atoms with E-state index >= 15 is 0 Å². The molecule has 0 aromatic heterocycles. The zero-order valence-electron chi connectivity index (χ0n) is 13.1. The van der Waals surface area contributed by atoms with Gasteiger partial charge in [0, 0.05) is 36.1 Å². The highest BCUT2D eigenvalue weighted by atomic mass is 35.5. The van der Waals surface area contributed by atoms with Gasteiger partial charge in [0.15, 0.2) is 0 Å². The van der Waals surface area contributed by atoms with Gasteiger partial charge in [0.1, 0.15) is 0 Å². The van der Waals surface area contributed by atoms with E-state index in [2.05, 4.69) is 12.2 Å². The third-order valence-electron chi connectivity index (χ3n) is 4.24. The van der Waals surface area contributed by atoms with Crippen molar-refractivity contribution in [1.82, 2.24) is 10.2 Å². The van der Waals surface area contributed by atoms with E-state index in [9.17, 15) is 4.79 Å². The van der Waals surface area contributed by atoms with Gasteiger partial charge in [0.2, 0.25) is 5.91 Å². The van der Waals surface area contributed by atoms with E-state index < -0.39 is 0 Å². The second-order valence-corrected chi connectivity index (χ2v) is 6.89. The van der Waals surface area contributed by atoms with Gasteiger partial charge in [0.25, 0.3) is 0 Å². The first-order valence-corrected chi connectivity index (χ1v) is 8.74. The van der Waals surface area contributed by atoms with Crippen molar-refractivity contribution < 1.29 is 4.79 Å². The predicted molar refractivity (Wildman–Crippen MR) is 92.6 cm³/mol. The first kappa shape index (κ1) is 17.6. The van der Waals surface area contributed by atoms with Gasteiger partial charge in [-0.1, -0.05) is 36.2 Å². The van der Waals surface area contributed by atoms with E-state index in [4.69, 9.17) is 23.2 Å². The molecule has 3 nitrogen and oxygen atoms in total. The SMILES string of the molecule is CC1CCN(C(=O)CCNCCc2ccc(Cl)cc2Cl)CC1. The number of likely N-dealkylation sites (tertiary alicyclic amines) is 1. The van der Waals surface area contributed by atoms with Gasteiger partial charge in [-0.25, -0.2) is 0 Å². The highest BCUT2D eigenvalue weighted by Gasteiger charge is 2.19. The molecule has 2 rings (SSSR count). The van der Waals surface area contributed by atoms with Gasteiger partial charge in [0.05, 0.1) is 0 Å². The molecule has 5 heteroatoms. The lowest BCUT2D eigenvalue weighted by molar-refractivity contribution is -0.132. The van der Waals surface area contributed by atoms with Crippen LogP contribution in [0.25, 0.3) is 0 Å². The highest BCUT2D eigenvalue weighted by molar-refractivity contribution is 6.35. The molecule has 0 unspecified atom stereocenters. The van der Waals surface area contributed by atoms with Crippen LogP contribution in [0.1, 0.15) is 31.7 Å². The summed E-state index contributed by atoms with van der Waals surface area (Å²) in [6, 6.07) is 5.56. The summed E-state index contributed by atoms with van der Waals surface area (Å²) < 4.78 is 0. The Kier molecular flexibility index (Phi) is 7.00. The molecule has 0 radical (unpaired) electrons. The number of hydrogen-bond donors (Lipinski definition) is 1. The van der Waals surface area contributed by atoms with Crippen molar-refractivity contribution in [1.29, 1.82) is 0 Å². The van der Waals surface area contributed by atoms with Crippen LogP contribution in [-0.2, 0) is 11.2 Å². The molecule has 0 bridgehead atoms. The lowest BCUT2D eigenvalue weighted by Crippen LogP contribution is -2.39. The predicted octanol–water partition coefficient (Wildman–Crippen LogP) is 3.77. The number of carbonyl (C=O) groups excluding carboxylic acids is 1. The Morgan fingerprint density at radius 1 is 1.27 bits per heavy atom. The maximum Gasteiger partial charge on any atom is 0.223 e. The lowest BCUT2D eigenvalue weighted by Gasteiger charge is -2.30. The maximum atomic E-state index is 12.1. The van der Waals surface area contributed by atoms with E-state index in [1.165, 1.54) is 0 Å². The Morgan fingerprint density at radius 3 is 2.68 bits per heavy atom. The van der Waals surface area contributed by atoms with E-state index in [0.29, 0.717) is 16.5 Å². The van der Waals surface area contributed by atoms with Crippen molar-refractivity contribution in [2.75, 3.05) is 26.2 Å². The summed E-state index contributed by atoms with van der Waals surface area (Å²) in [5.41, 5.74) is 1.08. The minimum Gasteiger partial charge on any atom is -0.343 e. The van der Waals surface area contributed by atoms with Crippen molar-refractivity contribution in [3.8, 4) is 0 Å². The van der Waals surface area contributed by atoms with Gasteiger partial charge in [-0.15, -0.1) is 0 Å². The normalized spacial score (nSPS) is 16.0. The van der Waals surface area contributed by atoms with E-state index in [1.54, 1.807) is 6.07 Å². The first-order chi connectivity index (χ1) is 10.6. The standard InChI is InChI=1S/C17H24Cl2N2O/c1-13-6-10-21(11-7-13)17(22)5-9-20-8-4-14-2-3-15(18)12-16(14)19/h2-3,12-13,20H,4-11H2,1H3. The molecule has 1 aliphatic rings. The molecule has 0 spiro atoms. The zero-order valence-corrected chi connectivity index (χ0v) is 14.6. The second-order valence-electron chi connectivity index (χ2n) is 6.05. The average Bonchev–Trinajstić information content (AvgIpc) is 2.49. The van der Waals surface area contributed by atoms with E-state index in [1.807, 2.05) is 17.0 Å². The third-order valence-corrected chi connectivity index (χ3v) is 4.83. The number of amides is 1. The van der Waals surface area contributed by atoms with Crippen molar-refractivity contribution >= 4 is 29.1 Å². The fourth-order valence-corrected chi connectivity index (χ4v) is 3.19. The summed E-state index contributed by atoms with van der Waals surface area (Å²) in [5, 5.41) is 4.67. The number of rotatable bonds is 6. The minimum atomic E-state index is 0.268. The van der Waals surface area contributed by atoms with Crippen LogP contribution in [0.2, 0.25) is 10.0 Å². The van der Waals surface area contributed by atoms with Crippen LogP contribution in [0.4, 0.5) is 0 Å². The van der Waals surface area contributed by atoms with Crippen LogP contribution in [0.15, 0.2) is 18.2 Å². The maximum absolute atomic E-state index is 12.1. The Balaban J connectivity index is 1.62. The second kappa shape index (κ2) is 8.76. The number of nitrogens with one attached hydrogen (secondary N) is 1. The highest BCUT2D eigenvalue weighted by Crippen LogP contribution is 2.21. The molecule has 1 N–H and O–H groups in total. The number of nitrogens with zero attached hydrogens (tertiary/aromatic N) is 1. The molecule has 1 saturated heterocycles. The molecule has 0 saturated carbocycles. The summed E-state index contributed by atoms with van der Waals surface area (Å²) in [7, 11) is 0. The van der Waals surface area contributed by atoms with Crippen LogP contribution < -0.4 is 5.32 Å². The fraction of sp³-hybridized carbons (Fsp3) is 0.588. The Morgan fingerprint density at radius 2 is 2.00 bits per heavy atom. The summed E-state index contributed by atoms with van der Waals surface area (Å²) in [6.45, 7) is 5.62. The topological polar surface area (TPSA) is 32.3 Å². The molecule has 1 fully saturated rings. The largest absolute Gasteiger partial charge is 0.343 e. The summed E-state index contributed by atoms with van der Waals surface area (Å²) >= 11 is 12.0. The van der Waals surface area contributed by atoms with Gasteiger partial charge in [-0.3, -0.25) is 4.79 Å². The monoisotopic (exact) mass is 342 g/mol. The van der Waals surface area contributed by atoms with Crippen LogP contribution in [0, 0.1) is 5.92 Å². The van der Waals surface area contributed by atoms with E-state index in [-0.39, 0.29) is 5.91 Å². The molecule has 1 aromatic carbocycles. The van der Waals surface area contributed by atoms with Gasteiger partial charge < -0.3 is 10.2 Å². The molecular weight excluding hydrogens is 319 g/mol. The van der Waals surface area contributed by atoms with Crippen LogP contribution in [-0.4, -0.2) is 37.0 Å². The van der Waals surface area contributed by atoms with Gasteiger partial charge >= 0.3 is 0 Å². The van der Waals surface area contributed by atoms with Crippen LogP contribution in [0.5, 0.6) is 0 Å². The Labute approximate surface area is 143 Å². The molecule has 0 atom stereocenters. The Hall–Kier alpha value is -0.770. The first-order valence-electron chi connectivity index (χ1n) is 7.98. The number of benzene rings is 1. The molecule has 22 heavy (non-hydrogen) atoms. The number of hydrogen-bond acceptors (Lipinski definition) is 2. The van der Waals surface area contributed by atoms with Crippen molar-refractivity contribution in [3.05, 3.63) is 33.8 Å². The molecular formula is C17H24Cl2N2O. The Bertz CT molecular complexity index is 499. The molecule has 0 aliphatic carbocycles. The minimum absolute atomic E-state index is 0.268. The van der Waals surface area contributed by atoms with E-state index in [0.717, 1.165) is 56.9 Å². The van der Waals surface area contributed by atoms with Crippen molar-refractivity contribution in [2.24, 2.45) is 5.92 Å². The number of piperidine rings is 1. The number of carbonyl (C=O) groups is 1. The quantitative estimate of drug-likeness (QED) is 0.798. The summed E-state index contributed by atoms with van der Waals surface area (Å²) in [4.78, 5) is 14.1. The van der Waals surface area contributed by atoms with Crippen LogP contribution >= 0.6 is 23.2 Å². The summed E-state index contributed by atoms with van der Waals surface area (Å²) in [5.74, 6) is 1.02. The third kappa shape index (κ3) is 5.45. The molecule has 1 amide bonds. The molecule has 122 valence electrons. The average molecular weight is 343 g/mol. The van der Waals surface area contributed by atoms with Crippen molar-refractivity contribution in [3.63, 3.8) is 0 Å². The zero-order chi connectivity index (χ0) is 15.9. The smallest absolute Gasteiger partial charge is 0.223 e. The molecule has 1 aliphatic heterocycles. The number of halogens is 2. The van der Waals surface area contributed by atoms with Gasteiger partial charge in [-0.2, -0.15) is 0 Å². The van der Waals surface area contributed by atoms with Crippen LogP contribution in [0.3, 0.4) is 0 Å². The molecule has 1 aromatic rings. The molecule has 1 heterocycles. The van der Waals surface area contributed by atoms with Gasteiger partial charge in [-0.05, 0) is 49.4 Å². The fourth-order valence-electron chi connectivity index (χ4n) is 2.68. The van der Waals surface area contributed by atoms with Crippen molar-refractivity contribution in [2.45, 2.75) is 32.6 Å².